The number of aromatic amines is 1. The van der Waals surface area contributed by atoms with Crippen molar-refractivity contribution in [3.8, 4) is 11.4 Å². The topological polar surface area (TPSA) is 100 Å². The second-order valence-electron chi connectivity index (χ2n) is 18.9. The Bertz CT molecular complexity index is 1860. The highest BCUT2D eigenvalue weighted by molar-refractivity contribution is 6.75. The Labute approximate surface area is 316 Å². The van der Waals surface area contributed by atoms with E-state index in [1.165, 1.54) is 10.9 Å². The van der Waals surface area contributed by atoms with Crippen LogP contribution in [0.25, 0.3) is 22.6 Å². The first-order chi connectivity index (χ1) is 24.1. The van der Waals surface area contributed by atoms with Crippen molar-refractivity contribution in [1.29, 1.82) is 0 Å². The van der Waals surface area contributed by atoms with E-state index in [0.717, 1.165) is 0 Å². The number of alkyl halides is 6. The molecule has 0 bridgehead atoms. The number of hydrogen-bond donors (Lipinski definition) is 1. The maximum atomic E-state index is 13.8. The SMILES string of the molecule is CC(C)(C)[Si](C)(C)OCC1OC(n2cnc3c(=O)[nH]c(-c4cc(C(F)(F)F)cc(C(F)(F)F)c4)nc32)C(O[Si](C)(C)C(C)(C)C)C1O[Si](C)(C)C(C)(C)C. The molecule has 4 atom stereocenters. The standard InChI is InChI=1S/C36H56F6N4O5Si3/c1-32(2,3)52(10,11)48-19-24-26(50-53(12,13)33(4,5)6)27(51-54(14,15)34(7,8)9)31(49-24)46-20-43-25-29(46)44-28(45-30(25)47)21-16-22(35(37,38)39)18-23(17-21)36(40,41)42/h16-18,20,24,26-27,31H,19H2,1-15H3,(H,44,45,47). The molecule has 1 aliphatic rings. The number of nitrogens with one attached hydrogen (secondary N) is 1. The number of hydrogen-bond acceptors (Lipinski definition) is 7. The minimum atomic E-state index is -5.10. The van der Waals surface area contributed by atoms with Crippen LogP contribution in [0, 0.1) is 0 Å². The van der Waals surface area contributed by atoms with Crippen molar-refractivity contribution < 1.29 is 44.4 Å². The molecule has 18 heteroatoms. The van der Waals surface area contributed by atoms with Crippen LogP contribution in [0.5, 0.6) is 0 Å². The zero-order valence-corrected chi connectivity index (χ0v) is 37.0. The fourth-order valence-electron chi connectivity index (χ4n) is 5.22. The van der Waals surface area contributed by atoms with Crippen LogP contribution in [0.15, 0.2) is 29.3 Å². The summed E-state index contributed by atoms with van der Waals surface area (Å²) in [7, 11) is -7.45. The lowest BCUT2D eigenvalue weighted by atomic mass is 10.0. The summed E-state index contributed by atoms with van der Waals surface area (Å²) in [6.45, 7) is 31.9. The van der Waals surface area contributed by atoms with Gasteiger partial charge in [-0.05, 0) is 72.6 Å². The zero-order chi connectivity index (χ0) is 41.4. The third-order valence-electron chi connectivity index (χ3n) is 11.7. The second kappa shape index (κ2) is 14.2. The number of benzene rings is 1. The average Bonchev–Trinajstić information content (AvgIpc) is 3.54. The molecule has 2 aromatic heterocycles. The summed E-state index contributed by atoms with van der Waals surface area (Å²) < 4.78 is 112. The Morgan fingerprint density at radius 1 is 0.741 bits per heavy atom. The molecule has 1 aromatic carbocycles. The van der Waals surface area contributed by atoms with Crippen LogP contribution in [0.3, 0.4) is 0 Å². The van der Waals surface area contributed by atoms with E-state index in [2.05, 4.69) is 117 Å². The van der Waals surface area contributed by atoms with E-state index in [1.54, 1.807) is 0 Å². The molecule has 3 aromatic rings. The minimum Gasteiger partial charge on any atom is -0.414 e. The molecular formula is C36H56F6N4O5Si3. The van der Waals surface area contributed by atoms with Crippen LogP contribution >= 0.6 is 0 Å². The fourth-order valence-corrected chi connectivity index (χ4v) is 8.83. The van der Waals surface area contributed by atoms with Gasteiger partial charge in [-0.2, -0.15) is 26.3 Å². The number of rotatable bonds is 9. The van der Waals surface area contributed by atoms with E-state index in [0.29, 0.717) is 12.1 Å². The highest BCUT2D eigenvalue weighted by Gasteiger charge is 2.55. The Morgan fingerprint density at radius 2 is 1.20 bits per heavy atom. The minimum absolute atomic E-state index is 0.0219. The molecule has 304 valence electrons. The maximum Gasteiger partial charge on any atom is 0.416 e. The number of halogens is 6. The van der Waals surface area contributed by atoms with Crippen molar-refractivity contribution >= 4 is 36.1 Å². The Morgan fingerprint density at radius 3 is 1.65 bits per heavy atom. The van der Waals surface area contributed by atoms with Gasteiger partial charge in [0.15, 0.2) is 42.3 Å². The summed E-state index contributed by atoms with van der Waals surface area (Å²) in [5, 5.41) is -0.577. The summed E-state index contributed by atoms with van der Waals surface area (Å²) in [4.78, 5) is 24.5. The number of fused-ring (bicyclic) bond motifs is 1. The molecule has 1 fully saturated rings. The predicted octanol–water partition coefficient (Wildman–Crippen LogP) is 10.5. The van der Waals surface area contributed by atoms with E-state index in [-0.39, 0.29) is 39.0 Å². The normalized spacial score (nSPS) is 21.4. The van der Waals surface area contributed by atoms with Crippen molar-refractivity contribution in [1.82, 2.24) is 19.5 Å². The molecule has 0 amide bonds. The largest absolute Gasteiger partial charge is 0.416 e. The second-order valence-corrected chi connectivity index (χ2v) is 33.2. The van der Waals surface area contributed by atoms with Crippen molar-refractivity contribution in [3.63, 3.8) is 0 Å². The van der Waals surface area contributed by atoms with Crippen molar-refractivity contribution in [2.45, 2.75) is 154 Å². The first-order valence-electron chi connectivity index (χ1n) is 18.0. The lowest BCUT2D eigenvalue weighted by Gasteiger charge is -2.44. The van der Waals surface area contributed by atoms with Gasteiger partial charge in [0.05, 0.1) is 24.1 Å². The smallest absolute Gasteiger partial charge is 0.414 e. The average molecular weight is 823 g/mol. The van der Waals surface area contributed by atoms with Gasteiger partial charge < -0.3 is 23.0 Å². The molecule has 4 rings (SSSR count). The molecule has 1 aliphatic heterocycles. The summed E-state index contributed by atoms with van der Waals surface area (Å²) in [6.07, 6.45) is -12.0. The highest BCUT2D eigenvalue weighted by Crippen LogP contribution is 2.47. The van der Waals surface area contributed by atoms with Gasteiger partial charge >= 0.3 is 12.4 Å². The van der Waals surface area contributed by atoms with E-state index >= 15 is 0 Å². The van der Waals surface area contributed by atoms with Crippen molar-refractivity contribution in [2.24, 2.45) is 0 Å². The number of aromatic nitrogens is 4. The van der Waals surface area contributed by atoms with Crippen molar-refractivity contribution in [3.05, 3.63) is 46.0 Å². The molecule has 1 saturated heterocycles. The van der Waals surface area contributed by atoms with Gasteiger partial charge in [-0.15, -0.1) is 0 Å². The number of imidazole rings is 1. The Hall–Kier alpha value is -2.36. The van der Waals surface area contributed by atoms with Crippen molar-refractivity contribution in [2.75, 3.05) is 6.61 Å². The predicted molar refractivity (Wildman–Crippen MR) is 205 cm³/mol. The Balaban J connectivity index is 1.96. The zero-order valence-electron chi connectivity index (χ0n) is 34.0. The summed E-state index contributed by atoms with van der Waals surface area (Å²) >= 11 is 0. The molecular weight excluding hydrogens is 767 g/mol. The van der Waals surface area contributed by atoms with Crippen LogP contribution in [0.1, 0.15) is 79.7 Å². The first-order valence-corrected chi connectivity index (χ1v) is 26.7. The number of nitrogens with zero attached hydrogens (tertiary/aromatic N) is 3. The highest BCUT2D eigenvalue weighted by atomic mass is 28.4. The Kier molecular flexibility index (Phi) is 11.7. The number of H-pyrrole nitrogens is 1. The third-order valence-corrected chi connectivity index (χ3v) is 25.2. The van der Waals surface area contributed by atoms with Gasteiger partial charge in [-0.25, -0.2) is 9.97 Å². The van der Waals surface area contributed by atoms with E-state index in [9.17, 15) is 31.1 Å². The molecule has 9 nitrogen and oxygen atoms in total. The van der Waals surface area contributed by atoms with Gasteiger partial charge in [0.25, 0.3) is 5.56 Å². The van der Waals surface area contributed by atoms with Crippen LogP contribution in [-0.4, -0.2) is 69.4 Å². The van der Waals surface area contributed by atoms with E-state index in [4.69, 9.17) is 18.0 Å². The molecule has 0 radical (unpaired) electrons. The summed E-state index contributed by atoms with van der Waals surface area (Å²) in [5.41, 5.74) is -4.80. The fraction of sp³-hybridized carbons (Fsp3) is 0.694. The first kappa shape index (κ1) is 44.4. The van der Waals surface area contributed by atoms with Gasteiger partial charge in [0.2, 0.25) is 0 Å². The van der Waals surface area contributed by atoms with Gasteiger partial charge in [0.1, 0.15) is 24.1 Å². The summed E-state index contributed by atoms with van der Waals surface area (Å²) in [5.74, 6) is -0.502. The summed E-state index contributed by atoms with van der Waals surface area (Å²) in [6, 6.07) is 1.06. The molecule has 4 unspecified atom stereocenters. The molecule has 54 heavy (non-hydrogen) atoms. The van der Waals surface area contributed by atoms with Crippen LogP contribution in [-0.2, 0) is 30.4 Å². The number of ether oxygens (including phenoxy) is 1. The molecule has 1 N–H and O–H groups in total. The van der Waals surface area contributed by atoms with E-state index in [1.807, 2.05) is 0 Å². The third kappa shape index (κ3) is 9.09. The van der Waals surface area contributed by atoms with E-state index < -0.39 is 89.9 Å². The van der Waals surface area contributed by atoms with Gasteiger partial charge in [-0.3, -0.25) is 9.36 Å². The van der Waals surface area contributed by atoms with Crippen LogP contribution < -0.4 is 5.56 Å². The van der Waals surface area contributed by atoms with Crippen LogP contribution in [0.2, 0.25) is 54.4 Å². The monoisotopic (exact) mass is 822 g/mol. The molecule has 0 spiro atoms. The lowest BCUT2D eigenvalue weighted by Crippen LogP contribution is -2.54. The van der Waals surface area contributed by atoms with Crippen LogP contribution in [0.4, 0.5) is 26.3 Å². The quantitative estimate of drug-likeness (QED) is 0.169. The molecule has 0 saturated carbocycles. The maximum absolute atomic E-state index is 13.8. The van der Waals surface area contributed by atoms with Gasteiger partial charge in [0, 0.05) is 5.56 Å². The molecule has 3 heterocycles. The molecule has 0 aliphatic carbocycles. The lowest BCUT2D eigenvalue weighted by molar-refractivity contribution is -0.143. The van der Waals surface area contributed by atoms with Gasteiger partial charge in [-0.1, -0.05) is 62.3 Å².